The number of hydrogen-bond donors (Lipinski definition) is 2. The van der Waals surface area contributed by atoms with Gasteiger partial charge in [-0.2, -0.15) is 0 Å². The van der Waals surface area contributed by atoms with E-state index < -0.39 is 5.82 Å². The molecule has 0 aliphatic heterocycles. The van der Waals surface area contributed by atoms with Gasteiger partial charge in [0.05, 0.1) is 5.52 Å². The Labute approximate surface area is 107 Å². The fourth-order valence-electron chi connectivity index (χ4n) is 1.80. The van der Waals surface area contributed by atoms with Crippen LogP contribution in [0.4, 0.5) is 10.1 Å². The summed E-state index contributed by atoms with van der Waals surface area (Å²) in [6.45, 7) is 0. The highest BCUT2D eigenvalue weighted by Gasteiger charge is 2.11. The van der Waals surface area contributed by atoms with Gasteiger partial charge in [0.25, 0.3) is 0 Å². The SMILES string of the molecule is Nc1ccc(-c2nc3c(Cl)c(F)ccc3[nH]2)cc1. The monoisotopic (exact) mass is 261 g/mol. The zero-order chi connectivity index (χ0) is 12.7. The van der Waals surface area contributed by atoms with Crippen molar-refractivity contribution in [2.24, 2.45) is 0 Å². The second-order valence-corrected chi connectivity index (χ2v) is 4.34. The number of hydrogen-bond acceptors (Lipinski definition) is 2. The lowest BCUT2D eigenvalue weighted by atomic mass is 10.2. The highest BCUT2D eigenvalue weighted by molar-refractivity contribution is 6.35. The van der Waals surface area contributed by atoms with Crippen LogP contribution >= 0.6 is 11.6 Å². The molecule has 1 aromatic heterocycles. The molecule has 0 atom stereocenters. The minimum absolute atomic E-state index is 0.0328. The minimum Gasteiger partial charge on any atom is -0.399 e. The summed E-state index contributed by atoms with van der Waals surface area (Å²) in [6, 6.07) is 10.2. The number of anilines is 1. The van der Waals surface area contributed by atoms with Crippen LogP contribution in [-0.4, -0.2) is 9.97 Å². The fraction of sp³-hybridized carbons (Fsp3) is 0. The predicted octanol–water partition coefficient (Wildman–Crippen LogP) is 3.60. The first-order valence-corrected chi connectivity index (χ1v) is 5.72. The van der Waals surface area contributed by atoms with E-state index in [4.69, 9.17) is 17.3 Å². The maximum atomic E-state index is 13.3. The van der Waals surface area contributed by atoms with Crippen LogP contribution in [0.15, 0.2) is 36.4 Å². The molecule has 0 fully saturated rings. The first-order valence-electron chi connectivity index (χ1n) is 5.35. The van der Waals surface area contributed by atoms with Crippen LogP contribution in [0.3, 0.4) is 0 Å². The summed E-state index contributed by atoms with van der Waals surface area (Å²) in [5, 5.41) is 0.0328. The lowest BCUT2D eigenvalue weighted by molar-refractivity contribution is 0.630. The Bertz CT molecular complexity index is 719. The Hall–Kier alpha value is -2.07. The molecule has 5 heteroatoms. The molecule has 3 nitrogen and oxygen atoms in total. The largest absolute Gasteiger partial charge is 0.399 e. The van der Waals surface area contributed by atoms with Gasteiger partial charge >= 0.3 is 0 Å². The molecule has 0 aliphatic rings. The molecule has 3 rings (SSSR count). The molecular formula is C13H9ClFN3. The number of halogens is 2. The van der Waals surface area contributed by atoms with Gasteiger partial charge in [0, 0.05) is 11.3 Å². The van der Waals surface area contributed by atoms with Gasteiger partial charge in [-0.3, -0.25) is 0 Å². The van der Waals surface area contributed by atoms with E-state index in [9.17, 15) is 4.39 Å². The van der Waals surface area contributed by atoms with Crippen molar-refractivity contribution in [3.63, 3.8) is 0 Å². The van der Waals surface area contributed by atoms with Gasteiger partial charge < -0.3 is 10.7 Å². The Morgan fingerprint density at radius 3 is 2.56 bits per heavy atom. The molecule has 0 aliphatic carbocycles. The number of aromatic amines is 1. The molecule has 0 bridgehead atoms. The van der Waals surface area contributed by atoms with Crippen molar-refractivity contribution in [1.82, 2.24) is 9.97 Å². The van der Waals surface area contributed by atoms with E-state index in [0.717, 1.165) is 5.56 Å². The average molecular weight is 262 g/mol. The van der Waals surface area contributed by atoms with Gasteiger partial charge in [-0.1, -0.05) is 11.6 Å². The number of benzene rings is 2. The minimum atomic E-state index is -0.473. The van der Waals surface area contributed by atoms with Gasteiger partial charge in [-0.25, -0.2) is 9.37 Å². The highest BCUT2D eigenvalue weighted by atomic mass is 35.5. The fourth-order valence-corrected chi connectivity index (χ4v) is 2.00. The molecule has 0 amide bonds. The molecule has 0 unspecified atom stereocenters. The van der Waals surface area contributed by atoms with E-state index in [2.05, 4.69) is 9.97 Å². The number of aromatic nitrogens is 2. The van der Waals surface area contributed by atoms with Crippen LogP contribution in [0.5, 0.6) is 0 Å². The summed E-state index contributed by atoms with van der Waals surface area (Å²) in [7, 11) is 0. The number of nitrogens with zero attached hydrogens (tertiary/aromatic N) is 1. The van der Waals surface area contributed by atoms with Crippen LogP contribution in [0.1, 0.15) is 0 Å². The first-order chi connectivity index (χ1) is 8.65. The van der Waals surface area contributed by atoms with Gasteiger partial charge in [0.15, 0.2) is 0 Å². The highest BCUT2D eigenvalue weighted by Crippen LogP contribution is 2.27. The topological polar surface area (TPSA) is 54.7 Å². The molecule has 0 radical (unpaired) electrons. The third kappa shape index (κ3) is 1.71. The second-order valence-electron chi connectivity index (χ2n) is 3.96. The summed E-state index contributed by atoms with van der Waals surface area (Å²) >= 11 is 5.87. The quantitative estimate of drug-likeness (QED) is 0.658. The third-order valence-corrected chi connectivity index (χ3v) is 3.09. The molecule has 18 heavy (non-hydrogen) atoms. The van der Waals surface area contributed by atoms with Gasteiger partial charge in [-0.15, -0.1) is 0 Å². The molecule has 90 valence electrons. The van der Waals surface area contributed by atoms with Gasteiger partial charge in [0.2, 0.25) is 0 Å². The van der Waals surface area contributed by atoms with Crippen LogP contribution in [0.2, 0.25) is 5.02 Å². The number of fused-ring (bicyclic) bond motifs is 1. The molecular weight excluding hydrogens is 253 g/mol. The second kappa shape index (κ2) is 3.99. The van der Waals surface area contributed by atoms with E-state index in [0.29, 0.717) is 22.5 Å². The first kappa shape index (κ1) is 11.0. The number of H-pyrrole nitrogens is 1. The Balaban J connectivity index is 2.19. The maximum Gasteiger partial charge on any atom is 0.144 e. The Kier molecular flexibility index (Phi) is 2.45. The molecule has 3 aromatic rings. The molecule has 0 saturated heterocycles. The number of nitrogen functional groups attached to an aromatic ring is 1. The van der Waals surface area contributed by atoms with E-state index in [-0.39, 0.29) is 5.02 Å². The van der Waals surface area contributed by atoms with E-state index in [1.807, 2.05) is 12.1 Å². The number of nitrogens with one attached hydrogen (secondary N) is 1. The van der Waals surface area contributed by atoms with Crippen molar-refractivity contribution in [3.8, 4) is 11.4 Å². The molecule has 0 saturated carbocycles. The Morgan fingerprint density at radius 2 is 1.83 bits per heavy atom. The van der Waals surface area contributed by atoms with E-state index >= 15 is 0 Å². The average Bonchev–Trinajstić information content (AvgIpc) is 2.80. The summed E-state index contributed by atoms with van der Waals surface area (Å²) in [6.07, 6.45) is 0. The van der Waals surface area contributed by atoms with Crippen LogP contribution in [-0.2, 0) is 0 Å². The van der Waals surface area contributed by atoms with Crippen molar-refractivity contribution >= 4 is 28.3 Å². The summed E-state index contributed by atoms with van der Waals surface area (Å²) in [5.74, 6) is 0.164. The van der Waals surface area contributed by atoms with E-state index in [1.165, 1.54) is 6.07 Å². The number of imidazole rings is 1. The molecule has 0 spiro atoms. The van der Waals surface area contributed by atoms with Gasteiger partial charge in [-0.05, 0) is 36.4 Å². The lowest BCUT2D eigenvalue weighted by Gasteiger charge is -1.96. The van der Waals surface area contributed by atoms with E-state index in [1.54, 1.807) is 18.2 Å². The number of nitrogens with two attached hydrogens (primary N) is 1. The van der Waals surface area contributed by atoms with Crippen molar-refractivity contribution in [3.05, 3.63) is 47.2 Å². The zero-order valence-corrected chi connectivity index (χ0v) is 10.0. The van der Waals surface area contributed by atoms with Crippen LogP contribution in [0, 0.1) is 5.82 Å². The standard InChI is InChI=1S/C13H9ClFN3/c14-11-9(15)5-6-10-12(11)18-13(17-10)7-1-3-8(16)4-2-7/h1-6H,16H2,(H,17,18). The lowest BCUT2D eigenvalue weighted by Crippen LogP contribution is -1.84. The van der Waals surface area contributed by atoms with Crippen molar-refractivity contribution in [1.29, 1.82) is 0 Å². The molecule has 1 heterocycles. The maximum absolute atomic E-state index is 13.3. The summed E-state index contributed by atoms with van der Waals surface area (Å²) < 4.78 is 13.3. The predicted molar refractivity (Wildman–Crippen MR) is 70.9 cm³/mol. The van der Waals surface area contributed by atoms with Crippen molar-refractivity contribution < 1.29 is 4.39 Å². The van der Waals surface area contributed by atoms with Crippen molar-refractivity contribution in [2.75, 3.05) is 5.73 Å². The third-order valence-electron chi connectivity index (χ3n) is 2.73. The summed E-state index contributed by atoms with van der Waals surface area (Å²) in [4.78, 5) is 7.40. The Morgan fingerprint density at radius 1 is 1.11 bits per heavy atom. The van der Waals surface area contributed by atoms with Crippen LogP contribution < -0.4 is 5.73 Å². The molecule has 3 N–H and O–H groups in total. The van der Waals surface area contributed by atoms with Crippen LogP contribution in [0.25, 0.3) is 22.4 Å². The molecule has 2 aromatic carbocycles. The van der Waals surface area contributed by atoms with Crippen molar-refractivity contribution in [2.45, 2.75) is 0 Å². The zero-order valence-electron chi connectivity index (χ0n) is 9.24. The van der Waals surface area contributed by atoms with Gasteiger partial charge in [0.1, 0.15) is 22.2 Å². The smallest absolute Gasteiger partial charge is 0.144 e. The normalized spacial score (nSPS) is 11.0. The summed E-state index contributed by atoms with van der Waals surface area (Å²) in [5.41, 5.74) is 8.31. The number of rotatable bonds is 1.